The summed E-state index contributed by atoms with van der Waals surface area (Å²) in [5.41, 5.74) is 2.03. The summed E-state index contributed by atoms with van der Waals surface area (Å²) in [7, 11) is 0. The van der Waals surface area contributed by atoms with E-state index in [2.05, 4.69) is 23.8 Å². The highest BCUT2D eigenvalue weighted by Crippen LogP contribution is 2.17. The van der Waals surface area contributed by atoms with Crippen molar-refractivity contribution in [3.8, 4) is 0 Å². The van der Waals surface area contributed by atoms with Crippen molar-refractivity contribution in [2.24, 2.45) is 5.92 Å². The van der Waals surface area contributed by atoms with Crippen molar-refractivity contribution >= 4 is 11.8 Å². The van der Waals surface area contributed by atoms with Crippen molar-refractivity contribution in [2.75, 3.05) is 5.75 Å². The molecule has 1 aliphatic rings. The molecule has 0 aliphatic heterocycles. The molecule has 0 spiro atoms. The second kappa shape index (κ2) is 5.04. The Hall–Kier alpha value is -0.770. The molecule has 3 nitrogen and oxygen atoms in total. The van der Waals surface area contributed by atoms with Crippen LogP contribution < -0.4 is 5.56 Å². The summed E-state index contributed by atoms with van der Waals surface area (Å²) < 4.78 is 0. The molecule has 0 fully saturated rings. The molecule has 0 saturated heterocycles. The molecule has 0 unspecified atom stereocenters. The maximum absolute atomic E-state index is 11.7. The average molecular weight is 238 g/mol. The van der Waals surface area contributed by atoms with E-state index in [1.54, 1.807) is 0 Å². The first kappa shape index (κ1) is 11.7. The molecule has 0 radical (unpaired) electrons. The van der Waals surface area contributed by atoms with Gasteiger partial charge >= 0.3 is 0 Å². The highest BCUT2D eigenvalue weighted by molar-refractivity contribution is 7.98. The van der Waals surface area contributed by atoms with Gasteiger partial charge < -0.3 is 4.98 Å². The zero-order chi connectivity index (χ0) is 11.5. The summed E-state index contributed by atoms with van der Waals surface area (Å²) in [6.45, 7) is 4.40. The molecule has 1 aromatic heterocycles. The molecule has 88 valence electrons. The predicted molar refractivity (Wildman–Crippen MR) is 67.9 cm³/mol. The lowest BCUT2D eigenvalue weighted by Gasteiger charge is -2.05. The normalized spacial score (nSPS) is 14.4. The number of rotatable bonds is 4. The predicted octanol–water partition coefficient (Wildman–Crippen LogP) is 2.15. The maximum atomic E-state index is 11.7. The van der Waals surface area contributed by atoms with Crippen molar-refractivity contribution in [3.63, 3.8) is 0 Å². The monoisotopic (exact) mass is 238 g/mol. The van der Waals surface area contributed by atoms with Crippen LogP contribution in [-0.2, 0) is 18.6 Å². The zero-order valence-corrected chi connectivity index (χ0v) is 10.7. The Balaban J connectivity index is 2.06. The van der Waals surface area contributed by atoms with Gasteiger partial charge in [-0.3, -0.25) is 4.79 Å². The number of H-pyrrole nitrogens is 1. The number of nitrogens with one attached hydrogen (secondary N) is 1. The van der Waals surface area contributed by atoms with Gasteiger partial charge in [-0.15, -0.1) is 0 Å². The van der Waals surface area contributed by atoms with Crippen LogP contribution >= 0.6 is 11.8 Å². The number of aryl methyl sites for hydroxylation is 1. The molecule has 0 amide bonds. The SMILES string of the molecule is CC(C)CSCc1nc2c(c(=O)[nH]1)CCC2. The van der Waals surface area contributed by atoms with Crippen LogP contribution in [0, 0.1) is 5.92 Å². The summed E-state index contributed by atoms with van der Waals surface area (Å²) in [5.74, 6) is 3.46. The largest absolute Gasteiger partial charge is 0.310 e. The van der Waals surface area contributed by atoms with Crippen molar-refractivity contribution in [1.82, 2.24) is 9.97 Å². The second-order valence-electron chi connectivity index (χ2n) is 4.70. The molecule has 0 bridgehead atoms. The Bertz CT molecular complexity index is 426. The van der Waals surface area contributed by atoms with E-state index in [-0.39, 0.29) is 5.56 Å². The van der Waals surface area contributed by atoms with Gasteiger partial charge in [0.2, 0.25) is 0 Å². The Morgan fingerprint density at radius 3 is 3.00 bits per heavy atom. The summed E-state index contributed by atoms with van der Waals surface area (Å²) >= 11 is 1.84. The number of aromatic nitrogens is 2. The molecule has 4 heteroatoms. The van der Waals surface area contributed by atoms with E-state index in [1.165, 1.54) is 0 Å². The first-order valence-electron chi connectivity index (χ1n) is 5.85. The number of hydrogen-bond donors (Lipinski definition) is 1. The van der Waals surface area contributed by atoms with Gasteiger partial charge in [0.05, 0.1) is 11.4 Å². The van der Waals surface area contributed by atoms with Gasteiger partial charge in [0.15, 0.2) is 0 Å². The van der Waals surface area contributed by atoms with Gasteiger partial charge in [-0.2, -0.15) is 11.8 Å². The Morgan fingerprint density at radius 1 is 1.44 bits per heavy atom. The van der Waals surface area contributed by atoms with E-state index < -0.39 is 0 Å². The molecular weight excluding hydrogens is 220 g/mol. The molecular formula is C12H18N2OS. The fourth-order valence-corrected chi connectivity index (χ4v) is 2.87. The van der Waals surface area contributed by atoms with Gasteiger partial charge in [0, 0.05) is 5.56 Å². The fourth-order valence-electron chi connectivity index (χ4n) is 1.95. The van der Waals surface area contributed by atoms with E-state index in [0.29, 0.717) is 5.92 Å². The van der Waals surface area contributed by atoms with Crippen molar-refractivity contribution < 1.29 is 0 Å². The third kappa shape index (κ3) is 2.67. The summed E-state index contributed by atoms with van der Waals surface area (Å²) in [6, 6.07) is 0. The topological polar surface area (TPSA) is 45.8 Å². The number of thioether (sulfide) groups is 1. The average Bonchev–Trinajstić information content (AvgIpc) is 2.65. The van der Waals surface area contributed by atoms with Gasteiger partial charge in [0.25, 0.3) is 5.56 Å². The Labute approximate surface area is 100 Å². The number of aromatic amines is 1. The lowest BCUT2D eigenvalue weighted by atomic mass is 10.2. The lowest BCUT2D eigenvalue weighted by molar-refractivity contribution is 0.749. The van der Waals surface area contributed by atoms with Crippen LogP contribution in [0.5, 0.6) is 0 Å². The summed E-state index contributed by atoms with van der Waals surface area (Å²) in [6.07, 6.45) is 2.95. The van der Waals surface area contributed by atoms with Crippen LogP contribution in [0.15, 0.2) is 4.79 Å². The van der Waals surface area contributed by atoms with Gasteiger partial charge in [0.1, 0.15) is 5.82 Å². The molecule has 1 aliphatic carbocycles. The number of fused-ring (bicyclic) bond motifs is 1. The molecule has 1 N–H and O–H groups in total. The molecule has 0 aromatic carbocycles. The highest BCUT2D eigenvalue weighted by atomic mass is 32.2. The third-order valence-corrected chi connectivity index (χ3v) is 4.06. The summed E-state index contributed by atoms with van der Waals surface area (Å²) in [4.78, 5) is 19.2. The fraction of sp³-hybridized carbons (Fsp3) is 0.667. The molecule has 1 heterocycles. The smallest absolute Gasteiger partial charge is 0.254 e. The first-order valence-corrected chi connectivity index (χ1v) is 7.01. The third-order valence-electron chi connectivity index (χ3n) is 2.68. The molecule has 0 atom stereocenters. The van der Waals surface area contributed by atoms with Crippen LogP contribution in [0.3, 0.4) is 0 Å². The van der Waals surface area contributed by atoms with Crippen LogP contribution in [0.4, 0.5) is 0 Å². The van der Waals surface area contributed by atoms with E-state index in [1.807, 2.05) is 11.8 Å². The lowest BCUT2D eigenvalue weighted by Crippen LogP contribution is -2.16. The minimum atomic E-state index is 0.0858. The van der Waals surface area contributed by atoms with Crippen molar-refractivity contribution in [3.05, 3.63) is 27.4 Å². The van der Waals surface area contributed by atoms with Gasteiger partial charge in [-0.1, -0.05) is 13.8 Å². The van der Waals surface area contributed by atoms with Crippen LogP contribution in [-0.4, -0.2) is 15.7 Å². The van der Waals surface area contributed by atoms with Gasteiger partial charge in [-0.25, -0.2) is 4.98 Å². The molecule has 2 rings (SSSR count). The molecule has 16 heavy (non-hydrogen) atoms. The van der Waals surface area contributed by atoms with Crippen molar-refractivity contribution in [1.29, 1.82) is 0 Å². The highest BCUT2D eigenvalue weighted by Gasteiger charge is 2.16. The van der Waals surface area contributed by atoms with E-state index >= 15 is 0 Å². The number of nitrogens with zero attached hydrogens (tertiary/aromatic N) is 1. The number of hydrogen-bond acceptors (Lipinski definition) is 3. The minimum Gasteiger partial charge on any atom is -0.310 e. The van der Waals surface area contributed by atoms with E-state index in [4.69, 9.17) is 0 Å². The zero-order valence-electron chi connectivity index (χ0n) is 9.88. The Morgan fingerprint density at radius 2 is 2.25 bits per heavy atom. The minimum absolute atomic E-state index is 0.0858. The molecule has 1 aromatic rings. The van der Waals surface area contributed by atoms with Gasteiger partial charge in [-0.05, 0) is 30.9 Å². The Kier molecular flexibility index (Phi) is 3.69. The quantitative estimate of drug-likeness (QED) is 0.874. The first-order chi connectivity index (χ1) is 7.66. The standard InChI is InChI=1S/C12H18N2OS/c1-8(2)6-16-7-11-13-10-5-3-4-9(10)12(15)14-11/h8H,3-7H2,1-2H3,(H,13,14,15). The van der Waals surface area contributed by atoms with E-state index in [0.717, 1.165) is 47.8 Å². The van der Waals surface area contributed by atoms with Crippen LogP contribution in [0.2, 0.25) is 0 Å². The summed E-state index contributed by atoms with van der Waals surface area (Å²) in [5, 5.41) is 0. The molecule has 0 saturated carbocycles. The van der Waals surface area contributed by atoms with Crippen molar-refractivity contribution in [2.45, 2.75) is 38.9 Å². The van der Waals surface area contributed by atoms with Crippen LogP contribution in [0.25, 0.3) is 0 Å². The van der Waals surface area contributed by atoms with Crippen LogP contribution in [0.1, 0.15) is 37.4 Å². The second-order valence-corrected chi connectivity index (χ2v) is 5.73. The maximum Gasteiger partial charge on any atom is 0.254 e. The van der Waals surface area contributed by atoms with E-state index in [9.17, 15) is 4.79 Å².